The van der Waals surface area contributed by atoms with Gasteiger partial charge in [0.25, 0.3) is 0 Å². The van der Waals surface area contributed by atoms with Crippen LogP contribution in [0.5, 0.6) is 0 Å². The number of halogens is 2. The summed E-state index contributed by atoms with van der Waals surface area (Å²) in [6, 6.07) is 4.99. The Morgan fingerprint density at radius 1 is 1.50 bits per heavy atom. The van der Waals surface area contributed by atoms with Crippen LogP contribution in [0.2, 0.25) is 10.0 Å². The Morgan fingerprint density at radius 2 is 2.19 bits per heavy atom. The fourth-order valence-corrected chi connectivity index (χ4v) is 1.60. The molecule has 0 aromatic heterocycles. The zero-order chi connectivity index (χ0) is 12.1. The highest BCUT2D eigenvalue weighted by molar-refractivity contribution is 6.35. The summed E-state index contributed by atoms with van der Waals surface area (Å²) < 4.78 is 4.58. The number of carbonyl (C=O) groups excluding carboxylic acids is 1. The molecule has 0 saturated heterocycles. The Kier molecular flexibility index (Phi) is 4.80. The molecule has 0 atom stereocenters. The van der Waals surface area contributed by atoms with Crippen LogP contribution in [0.3, 0.4) is 0 Å². The molecule has 2 N–H and O–H groups in total. The van der Waals surface area contributed by atoms with E-state index in [2.05, 4.69) is 4.74 Å². The van der Waals surface area contributed by atoms with Crippen molar-refractivity contribution < 1.29 is 9.53 Å². The van der Waals surface area contributed by atoms with E-state index in [1.54, 1.807) is 24.3 Å². The smallest absolute Gasteiger partial charge is 0.335 e. The number of esters is 1. The number of hydrogen-bond acceptors (Lipinski definition) is 3. The lowest BCUT2D eigenvalue weighted by Crippen LogP contribution is -2.14. The largest absolute Gasteiger partial charge is 0.466 e. The van der Waals surface area contributed by atoms with Crippen molar-refractivity contribution in [1.82, 2.24) is 0 Å². The minimum atomic E-state index is -0.464. The van der Waals surface area contributed by atoms with E-state index in [0.29, 0.717) is 21.2 Å². The van der Waals surface area contributed by atoms with E-state index in [4.69, 9.17) is 28.9 Å². The lowest BCUT2D eigenvalue weighted by atomic mass is 10.1. The van der Waals surface area contributed by atoms with Crippen molar-refractivity contribution in [1.29, 1.82) is 0 Å². The van der Waals surface area contributed by atoms with E-state index in [-0.39, 0.29) is 6.54 Å². The van der Waals surface area contributed by atoms with Crippen LogP contribution in [0, 0.1) is 0 Å². The third-order valence-electron chi connectivity index (χ3n) is 1.96. The van der Waals surface area contributed by atoms with Crippen molar-refractivity contribution in [2.24, 2.45) is 5.73 Å². The van der Waals surface area contributed by atoms with E-state index in [9.17, 15) is 4.79 Å². The number of ether oxygens (including phenoxy) is 1. The molecule has 0 bridgehead atoms. The van der Waals surface area contributed by atoms with E-state index in [1.807, 2.05) is 0 Å². The monoisotopic (exact) mass is 259 g/mol. The van der Waals surface area contributed by atoms with Crippen molar-refractivity contribution in [3.05, 3.63) is 39.4 Å². The zero-order valence-corrected chi connectivity index (χ0v) is 10.2. The number of methoxy groups -OCH3 is 1. The summed E-state index contributed by atoms with van der Waals surface area (Å²) >= 11 is 11.7. The summed E-state index contributed by atoms with van der Waals surface area (Å²) in [4.78, 5) is 11.3. The quantitative estimate of drug-likeness (QED) is 0.671. The first kappa shape index (κ1) is 13.0. The summed E-state index contributed by atoms with van der Waals surface area (Å²) in [5, 5.41) is 0.997. The van der Waals surface area contributed by atoms with Gasteiger partial charge >= 0.3 is 5.97 Å². The molecule has 0 aliphatic carbocycles. The molecular formula is C11H11Cl2NO2. The van der Waals surface area contributed by atoms with Crippen LogP contribution in [-0.2, 0) is 9.53 Å². The molecule has 5 heteroatoms. The lowest BCUT2D eigenvalue weighted by molar-refractivity contribution is -0.136. The van der Waals surface area contributed by atoms with Gasteiger partial charge in [-0.2, -0.15) is 0 Å². The first-order chi connectivity index (χ1) is 7.58. The van der Waals surface area contributed by atoms with Crippen molar-refractivity contribution in [2.75, 3.05) is 13.7 Å². The Balaban J connectivity index is 3.09. The lowest BCUT2D eigenvalue weighted by Gasteiger charge is -2.04. The van der Waals surface area contributed by atoms with Gasteiger partial charge in [0, 0.05) is 16.6 Å². The maximum Gasteiger partial charge on any atom is 0.335 e. The maximum atomic E-state index is 11.3. The van der Waals surface area contributed by atoms with Gasteiger partial charge in [0.05, 0.1) is 12.7 Å². The summed E-state index contributed by atoms with van der Waals surface area (Å²) in [6.45, 7) is 0.0889. The van der Waals surface area contributed by atoms with Crippen molar-refractivity contribution in [3.63, 3.8) is 0 Å². The Morgan fingerprint density at radius 3 is 2.69 bits per heavy atom. The number of carbonyl (C=O) groups is 1. The van der Waals surface area contributed by atoms with Gasteiger partial charge in [0.2, 0.25) is 0 Å². The van der Waals surface area contributed by atoms with Crippen LogP contribution in [-0.4, -0.2) is 19.6 Å². The highest BCUT2D eigenvalue weighted by atomic mass is 35.5. The Hall–Kier alpha value is -1.03. The highest BCUT2D eigenvalue weighted by Crippen LogP contribution is 2.23. The van der Waals surface area contributed by atoms with E-state index in [0.717, 1.165) is 0 Å². The first-order valence-corrected chi connectivity index (χ1v) is 5.28. The zero-order valence-electron chi connectivity index (χ0n) is 8.67. The standard InChI is InChI=1S/C11H11Cl2NO2/c1-16-11(15)8(6-14)4-7-2-3-9(12)5-10(7)13/h2-5H,6,14H2,1H3/b8-4+. The average molecular weight is 260 g/mol. The molecule has 0 spiro atoms. The average Bonchev–Trinajstić information content (AvgIpc) is 2.27. The number of benzene rings is 1. The fraction of sp³-hybridized carbons (Fsp3) is 0.182. The molecule has 86 valence electrons. The number of nitrogens with two attached hydrogens (primary N) is 1. The van der Waals surface area contributed by atoms with E-state index >= 15 is 0 Å². The van der Waals surface area contributed by atoms with Gasteiger partial charge in [-0.1, -0.05) is 29.3 Å². The normalized spacial score (nSPS) is 11.4. The number of hydrogen-bond donors (Lipinski definition) is 1. The molecule has 0 heterocycles. The van der Waals surface area contributed by atoms with Crippen LogP contribution in [0.1, 0.15) is 5.56 Å². The highest BCUT2D eigenvalue weighted by Gasteiger charge is 2.08. The molecule has 0 radical (unpaired) electrons. The minimum absolute atomic E-state index is 0.0889. The Bertz CT molecular complexity index is 430. The second-order valence-electron chi connectivity index (χ2n) is 3.03. The SMILES string of the molecule is COC(=O)/C(=C/c1ccc(Cl)cc1Cl)CN. The van der Waals surface area contributed by atoms with Gasteiger partial charge in [-0.25, -0.2) is 4.79 Å². The predicted octanol–water partition coefficient (Wildman–Crippen LogP) is 2.51. The first-order valence-electron chi connectivity index (χ1n) is 4.52. The molecule has 0 saturated carbocycles. The second kappa shape index (κ2) is 5.89. The molecule has 1 aromatic carbocycles. The van der Waals surface area contributed by atoms with Crippen LogP contribution < -0.4 is 5.73 Å². The van der Waals surface area contributed by atoms with Crippen molar-refractivity contribution in [2.45, 2.75) is 0 Å². The van der Waals surface area contributed by atoms with Gasteiger partial charge < -0.3 is 10.5 Å². The second-order valence-corrected chi connectivity index (χ2v) is 3.87. The third kappa shape index (κ3) is 3.23. The Labute approximate surface area is 104 Å². The minimum Gasteiger partial charge on any atom is -0.466 e. The summed E-state index contributed by atoms with van der Waals surface area (Å²) in [5.74, 6) is -0.464. The van der Waals surface area contributed by atoms with Gasteiger partial charge in [0.1, 0.15) is 0 Å². The molecule has 0 amide bonds. The van der Waals surface area contributed by atoms with Gasteiger partial charge in [-0.3, -0.25) is 0 Å². The molecule has 0 fully saturated rings. The van der Waals surface area contributed by atoms with Crippen LogP contribution >= 0.6 is 23.2 Å². The predicted molar refractivity (Wildman–Crippen MR) is 65.5 cm³/mol. The molecule has 0 aliphatic rings. The molecule has 3 nitrogen and oxygen atoms in total. The van der Waals surface area contributed by atoms with Gasteiger partial charge in [-0.05, 0) is 23.8 Å². The van der Waals surface area contributed by atoms with Crippen molar-refractivity contribution >= 4 is 35.2 Å². The van der Waals surface area contributed by atoms with Crippen LogP contribution in [0.25, 0.3) is 6.08 Å². The van der Waals surface area contributed by atoms with Crippen LogP contribution in [0.4, 0.5) is 0 Å². The van der Waals surface area contributed by atoms with E-state index in [1.165, 1.54) is 7.11 Å². The summed E-state index contributed by atoms with van der Waals surface area (Å²) in [6.07, 6.45) is 1.59. The molecule has 1 rings (SSSR count). The fourth-order valence-electron chi connectivity index (χ4n) is 1.14. The molecule has 16 heavy (non-hydrogen) atoms. The third-order valence-corrected chi connectivity index (χ3v) is 2.52. The molecule has 1 aromatic rings. The maximum absolute atomic E-state index is 11.3. The molecule has 0 unspecified atom stereocenters. The summed E-state index contributed by atoms with van der Waals surface area (Å²) in [5.41, 5.74) is 6.47. The molecule has 0 aliphatic heterocycles. The summed E-state index contributed by atoms with van der Waals surface area (Å²) in [7, 11) is 1.30. The van der Waals surface area contributed by atoms with E-state index < -0.39 is 5.97 Å². The molecular weight excluding hydrogens is 249 g/mol. The van der Waals surface area contributed by atoms with Gasteiger partial charge in [-0.15, -0.1) is 0 Å². The topological polar surface area (TPSA) is 52.3 Å². The van der Waals surface area contributed by atoms with Gasteiger partial charge in [0.15, 0.2) is 0 Å². The number of rotatable bonds is 3. The van der Waals surface area contributed by atoms with Crippen molar-refractivity contribution in [3.8, 4) is 0 Å². The van der Waals surface area contributed by atoms with Crippen LogP contribution in [0.15, 0.2) is 23.8 Å².